The molecule has 0 aliphatic carbocycles. The molecule has 1 aromatic heterocycles. The summed E-state index contributed by atoms with van der Waals surface area (Å²) in [4.78, 5) is 0. The number of hydrogen-bond donors (Lipinski definition) is 2. The van der Waals surface area contributed by atoms with Gasteiger partial charge in [0.25, 0.3) is 0 Å². The number of aryl methyl sites for hydroxylation is 1. The molecule has 0 spiro atoms. The van der Waals surface area contributed by atoms with Gasteiger partial charge in [-0.05, 0) is 25.1 Å². The molecule has 0 unspecified atom stereocenters. The van der Waals surface area contributed by atoms with Crippen LogP contribution in [0.25, 0.3) is 0 Å². The first-order valence-corrected chi connectivity index (χ1v) is 5.45. The summed E-state index contributed by atoms with van der Waals surface area (Å²) in [6, 6.07) is 0. The molecule has 1 heterocycles. The van der Waals surface area contributed by atoms with Crippen molar-refractivity contribution in [3.05, 3.63) is 11.9 Å². The van der Waals surface area contributed by atoms with Gasteiger partial charge in [-0.25, -0.2) is 0 Å². The molecule has 4 nitrogen and oxygen atoms in total. The van der Waals surface area contributed by atoms with E-state index in [1.807, 2.05) is 18.7 Å². The van der Waals surface area contributed by atoms with Gasteiger partial charge in [-0.1, -0.05) is 13.8 Å². The molecule has 0 saturated heterocycles. The summed E-state index contributed by atoms with van der Waals surface area (Å²) in [6.45, 7) is 7.17. The fourth-order valence-corrected chi connectivity index (χ4v) is 1.28. The molecular weight excluding hydrogens is 208 g/mol. The van der Waals surface area contributed by atoms with Crippen molar-refractivity contribution in [1.29, 1.82) is 0 Å². The average molecular weight is 226 g/mol. The zero-order valence-corrected chi connectivity index (χ0v) is 10.5. The fraction of sp³-hybridized carbons (Fsp3) is 0.600. The van der Waals surface area contributed by atoms with Gasteiger partial charge < -0.3 is 10.6 Å². The Kier molecular flexibility index (Phi) is 4.08. The number of hydrogen-bond acceptors (Lipinski definition) is 2. The van der Waals surface area contributed by atoms with Crippen molar-refractivity contribution in [3.8, 4) is 0 Å². The summed E-state index contributed by atoms with van der Waals surface area (Å²) in [6.07, 6.45) is 1.78. The normalized spacial score (nSPS) is 10.5. The predicted octanol–water partition coefficient (Wildman–Crippen LogP) is 1.67. The lowest BCUT2D eigenvalue weighted by molar-refractivity contribution is 0.627. The lowest BCUT2D eigenvalue weighted by Gasteiger charge is -2.11. The van der Waals surface area contributed by atoms with E-state index in [1.54, 1.807) is 6.20 Å². The highest BCUT2D eigenvalue weighted by atomic mass is 32.1. The van der Waals surface area contributed by atoms with Gasteiger partial charge in [0.1, 0.15) is 0 Å². The van der Waals surface area contributed by atoms with E-state index >= 15 is 0 Å². The van der Waals surface area contributed by atoms with Crippen LogP contribution in [0.15, 0.2) is 6.20 Å². The molecule has 15 heavy (non-hydrogen) atoms. The highest BCUT2D eigenvalue weighted by molar-refractivity contribution is 7.80. The van der Waals surface area contributed by atoms with Crippen molar-refractivity contribution in [3.63, 3.8) is 0 Å². The maximum absolute atomic E-state index is 5.16. The van der Waals surface area contributed by atoms with Gasteiger partial charge in [-0.3, -0.25) is 4.68 Å². The van der Waals surface area contributed by atoms with Crippen LogP contribution in [-0.2, 0) is 7.05 Å². The van der Waals surface area contributed by atoms with Crippen LogP contribution < -0.4 is 10.6 Å². The second-order valence-electron chi connectivity index (χ2n) is 4.00. The van der Waals surface area contributed by atoms with E-state index in [0.29, 0.717) is 11.0 Å². The van der Waals surface area contributed by atoms with Gasteiger partial charge in [-0.2, -0.15) is 5.10 Å². The topological polar surface area (TPSA) is 41.9 Å². The lowest BCUT2D eigenvalue weighted by Crippen LogP contribution is -2.31. The molecule has 0 saturated carbocycles. The van der Waals surface area contributed by atoms with Gasteiger partial charge in [0.15, 0.2) is 5.11 Å². The van der Waals surface area contributed by atoms with Gasteiger partial charge in [0.05, 0.1) is 17.6 Å². The maximum Gasteiger partial charge on any atom is 0.170 e. The summed E-state index contributed by atoms with van der Waals surface area (Å²) in [5, 5.41) is 11.1. The Morgan fingerprint density at radius 1 is 1.60 bits per heavy atom. The standard InChI is InChI=1S/C10H18N4S/c1-7(2)5-11-10(15)13-9-6-12-14(4)8(9)3/h6-7H,5H2,1-4H3,(H2,11,13,15). The molecule has 0 radical (unpaired) electrons. The van der Waals surface area contributed by atoms with Crippen molar-refractivity contribution >= 4 is 23.0 Å². The summed E-state index contributed by atoms with van der Waals surface area (Å²) in [5.74, 6) is 0.583. The van der Waals surface area contributed by atoms with E-state index in [4.69, 9.17) is 12.2 Å². The van der Waals surface area contributed by atoms with Crippen molar-refractivity contribution in [2.75, 3.05) is 11.9 Å². The van der Waals surface area contributed by atoms with E-state index in [0.717, 1.165) is 17.9 Å². The number of rotatable bonds is 3. The highest BCUT2D eigenvalue weighted by Crippen LogP contribution is 2.11. The zero-order chi connectivity index (χ0) is 11.4. The minimum absolute atomic E-state index is 0.583. The summed E-state index contributed by atoms with van der Waals surface area (Å²) in [5.41, 5.74) is 2.03. The Bertz CT molecular complexity index is 343. The molecule has 1 rings (SSSR count). The summed E-state index contributed by atoms with van der Waals surface area (Å²) >= 11 is 5.16. The largest absolute Gasteiger partial charge is 0.362 e. The Morgan fingerprint density at radius 3 is 2.73 bits per heavy atom. The van der Waals surface area contributed by atoms with Crippen LogP contribution in [0.2, 0.25) is 0 Å². The molecule has 0 atom stereocenters. The third-order valence-corrected chi connectivity index (χ3v) is 2.40. The molecule has 0 amide bonds. The SMILES string of the molecule is Cc1c(NC(=S)NCC(C)C)cnn1C. The van der Waals surface area contributed by atoms with Crippen molar-refractivity contribution < 1.29 is 0 Å². The lowest BCUT2D eigenvalue weighted by atomic mass is 10.2. The molecule has 1 aromatic rings. The number of anilines is 1. The monoisotopic (exact) mass is 226 g/mol. The molecular formula is C10H18N4S. The molecule has 0 bridgehead atoms. The van der Waals surface area contributed by atoms with Crippen molar-refractivity contribution in [2.24, 2.45) is 13.0 Å². The molecule has 0 fully saturated rings. The van der Waals surface area contributed by atoms with E-state index in [2.05, 4.69) is 29.6 Å². The molecule has 5 heteroatoms. The fourth-order valence-electron chi connectivity index (χ4n) is 1.08. The Morgan fingerprint density at radius 2 is 2.27 bits per heavy atom. The third kappa shape index (κ3) is 3.51. The van der Waals surface area contributed by atoms with Crippen LogP contribution in [0, 0.1) is 12.8 Å². The number of nitrogens with one attached hydrogen (secondary N) is 2. The third-order valence-electron chi connectivity index (χ3n) is 2.15. The second-order valence-corrected chi connectivity index (χ2v) is 4.40. The first kappa shape index (κ1) is 12.0. The summed E-state index contributed by atoms with van der Waals surface area (Å²) < 4.78 is 1.81. The quantitative estimate of drug-likeness (QED) is 0.769. The van der Waals surface area contributed by atoms with Gasteiger partial charge in [-0.15, -0.1) is 0 Å². The van der Waals surface area contributed by atoms with Crippen molar-refractivity contribution in [2.45, 2.75) is 20.8 Å². The zero-order valence-electron chi connectivity index (χ0n) is 9.66. The van der Waals surface area contributed by atoms with Crippen LogP contribution in [0.4, 0.5) is 5.69 Å². The Balaban J connectivity index is 2.48. The first-order valence-electron chi connectivity index (χ1n) is 5.04. The molecule has 2 N–H and O–H groups in total. The molecule has 0 aliphatic rings. The van der Waals surface area contributed by atoms with E-state index in [9.17, 15) is 0 Å². The number of thiocarbonyl (C=S) groups is 1. The van der Waals surface area contributed by atoms with Crippen LogP contribution in [0.3, 0.4) is 0 Å². The second kappa shape index (κ2) is 5.11. The summed E-state index contributed by atoms with van der Waals surface area (Å²) in [7, 11) is 1.91. The number of aromatic nitrogens is 2. The van der Waals surface area contributed by atoms with Crippen LogP contribution >= 0.6 is 12.2 Å². The van der Waals surface area contributed by atoms with Crippen LogP contribution in [0.5, 0.6) is 0 Å². The van der Waals surface area contributed by atoms with Crippen LogP contribution in [-0.4, -0.2) is 21.4 Å². The van der Waals surface area contributed by atoms with E-state index in [1.165, 1.54) is 0 Å². The van der Waals surface area contributed by atoms with Crippen molar-refractivity contribution in [1.82, 2.24) is 15.1 Å². The van der Waals surface area contributed by atoms with Gasteiger partial charge >= 0.3 is 0 Å². The van der Waals surface area contributed by atoms with E-state index in [-0.39, 0.29) is 0 Å². The molecule has 0 aromatic carbocycles. The first-order chi connectivity index (χ1) is 7.00. The maximum atomic E-state index is 5.16. The highest BCUT2D eigenvalue weighted by Gasteiger charge is 2.05. The predicted molar refractivity (Wildman–Crippen MR) is 67.0 cm³/mol. The van der Waals surface area contributed by atoms with Gasteiger partial charge in [0.2, 0.25) is 0 Å². The smallest absolute Gasteiger partial charge is 0.170 e. The number of nitrogens with zero attached hydrogens (tertiary/aromatic N) is 2. The average Bonchev–Trinajstić information content (AvgIpc) is 2.47. The van der Waals surface area contributed by atoms with Gasteiger partial charge in [0, 0.05) is 13.6 Å². The Labute approximate surface area is 96.1 Å². The van der Waals surface area contributed by atoms with Crippen LogP contribution in [0.1, 0.15) is 19.5 Å². The Hall–Kier alpha value is -1.10. The minimum atomic E-state index is 0.583. The molecule has 84 valence electrons. The molecule has 0 aliphatic heterocycles. The minimum Gasteiger partial charge on any atom is -0.362 e. The van der Waals surface area contributed by atoms with E-state index < -0.39 is 0 Å².